The Kier molecular flexibility index (Phi) is 6.85. The van der Waals surface area contributed by atoms with Crippen molar-refractivity contribution in [3.63, 3.8) is 0 Å². The zero-order valence-electron chi connectivity index (χ0n) is 13.6. The van der Waals surface area contributed by atoms with Gasteiger partial charge in [0.1, 0.15) is 0 Å². The van der Waals surface area contributed by atoms with Gasteiger partial charge in [-0.2, -0.15) is 0 Å². The highest BCUT2D eigenvalue weighted by Gasteiger charge is 2.10. The molecule has 1 heterocycles. The minimum Gasteiger partial charge on any atom is -0.353 e. The minimum absolute atomic E-state index is 0.0317. The maximum atomic E-state index is 11.8. The topological polar surface area (TPSA) is 66.9 Å². The monoisotopic (exact) mass is 350 g/mol. The van der Waals surface area contributed by atoms with Gasteiger partial charge in [-0.15, -0.1) is 10.2 Å². The molecule has 2 rings (SSSR count). The smallest absolute Gasteiger partial charge is 0.230 e. The van der Waals surface area contributed by atoms with E-state index in [0.29, 0.717) is 5.75 Å². The molecular weight excluding hydrogens is 328 g/mol. The Bertz CT molecular complexity index is 627. The van der Waals surface area contributed by atoms with Gasteiger partial charge in [0.05, 0.1) is 5.75 Å². The lowest BCUT2D eigenvalue weighted by Crippen LogP contribution is -2.33. The summed E-state index contributed by atoms with van der Waals surface area (Å²) in [5.74, 6) is 0.397. The average molecular weight is 351 g/mol. The standard InChI is InChI=1S/C16H22N4OS2/c1-4-11(3)17-14(21)10-22-16-20-19-15(23-16)18-13-8-6-12(5-2)7-9-13/h6-9,11H,4-5,10H2,1-3H3,(H,17,21)(H,18,19)/t11-/m1/s1. The number of hydrogen-bond donors (Lipinski definition) is 2. The van der Waals surface area contributed by atoms with E-state index < -0.39 is 0 Å². The van der Waals surface area contributed by atoms with Gasteiger partial charge in [-0.05, 0) is 37.5 Å². The Hall–Kier alpha value is -1.60. The highest BCUT2D eigenvalue weighted by atomic mass is 32.2. The molecule has 0 bridgehead atoms. The molecule has 1 amide bonds. The Morgan fingerprint density at radius 3 is 2.65 bits per heavy atom. The van der Waals surface area contributed by atoms with Crippen LogP contribution in [0.5, 0.6) is 0 Å². The van der Waals surface area contributed by atoms with Crippen LogP contribution in [-0.2, 0) is 11.2 Å². The largest absolute Gasteiger partial charge is 0.353 e. The molecule has 0 aliphatic rings. The van der Waals surface area contributed by atoms with E-state index in [1.807, 2.05) is 26.0 Å². The van der Waals surface area contributed by atoms with Crippen molar-refractivity contribution in [2.24, 2.45) is 0 Å². The quantitative estimate of drug-likeness (QED) is 0.708. The molecule has 2 aromatic rings. The highest BCUT2D eigenvalue weighted by molar-refractivity contribution is 8.01. The van der Waals surface area contributed by atoms with E-state index in [-0.39, 0.29) is 11.9 Å². The molecule has 0 unspecified atom stereocenters. The number of hydrogen-bond acceptors (Lipinski definition) is 6. The first-order chi connectivity index (χ1) is 11.1. The molecule has 1 aromatic heterocycles. The first kappa shape index (κ1) is 17.7. The molecule has 23 heavy (non-hydrogen) atoms. The fraction of sp³-hybridized carbons (Fsp3) is 0.438. The van der Waals surface area contributed by atoms with Crippen molar-refractivity contribution < 1.29 is 4.79 Å². The maximum Gasteiger partial charge on any atom is 0.230 e. The van der Waals surface area contributed by atoms with Crippen molar-refractivity contribution in [2.45, 2.75) is 44.0 Å². The van der Waals surface area contributed by atoms with Crippen LogP contribution < -0.4 is 10.6 Å². The van der Waals surface area contributed by atoms with Gasteiger partial charge in [0.15, 0.2) is 4.34 Å². The van der Waals surface area contributed by atoms with E-state index in [0.717, 1.165) is 28.0 Å². The van der Waals surface area contributed by atoms with Crippen LogP contribution in [0.15, 0.2) is 28.6 Å². The molecule has 0 fully saturated rings. The summed E-state index contributed by atoms with van der Waals surface area (Å²) in [6.45, 7) is 6.18. The predicted octanol–water partition coefficient (Wildman–Crippen LogP) is 3.85. The number of nitrogens with one attached hydrogen (secondary N) is 2. The lowest BCUT2D eigenvalue weighted by Gasteiger charge is -2.09. The Labute approximate surface area is 145 Å². The SMILES string of the molecule is CCc1ccc(Nc2nnc(SCC(=O)N[C@H](C)CC)s2)cc1. The van der Waals surface area contributed by atoms with Crippen LogP contribution >= 0.6 is 23.1 Å². The average Bonchev–Trinajstić information content (AvgIpc) is 3.01. The summed E-state index contributed by atoms with van der Waals surface area (Å²) >= 11 is 2.87. The van der Waals surface area contributed by atoms with Gasteiger partial charge in [-0.1, -0.05) is 49.1 Å². The molecule has 0 saturated heterocycles. The molecule has 5 nitrogen and oxygen atoms in total. The molecule has 7 heteroatoms. The molecule has 2 N–H and O–H groups in total. The van der Waals surface area contributed by atoms with Crippen LogP contribution in [0, 0.1) is 0 Å². The number of carbonyl (C=O) groups excluding carboxylic acids is 1. The molecular formula is C16H22N4OS2. The first-order valence-electron chi connectivity index (χ1n) is 7.72. The zero-order chi connectivity index (χ0) is 16.7. The van der Waals surface area contributed by atoms with Crippen LogP contribution in [0.4, 0.5) is 10.8 Å². The van der Waals surface area contributed by atoms with Gasteiger partial charge in [-0.25, -0.2) is 0 Å². The van der Waals surface area contributed by atoms with E-state index in [4.69, 9.17) is 0 Å². The maximum absolute atomic E-state index is 11.8. The van der Waals surface area contributed by atoms with E-state index >= 15 is 0 Å². The normalized spacial score (nSPS) is 12.0. The van der Waals surface area contributed by atoms with Crippen LogP contribution in [0.3, 0.4) is 0 Å². The molecule has 0 aliphatic carbocycles. The van der Waals surface area contributed by atoms with Gasteiger partial charge in [0.2, 0.25) is 11.0 Å². The first-order valence-corrected chi connectivity index (χ1v) is 9.52. The summed E-state index contributed by atoms with van der Waals surface area (Å²) in [6, 6.07) is 8.47. The lowest BCUT2D eigenvalue weighted by molar-refractivity contribution is -0.119. The number of rotatable bonds is 8. The number of thioether (sulfide) groups is 1. The molecule has 0 saturated carbocycles. The van der Waals surface area contributed by atoms with Crippen LogP contribution in [0.2, 0.25) is 0 Å². The summed E-state index contributed by atoms with van der Waals surface area (Å²) < 4.78 is 0.789. The Morgan fingerprint density at radius 1 is 1.26 bits per heavy atom. The molecule has 0 aliphatic heterocycles. The molecule has 0 spiro atoms. The second-order valence-electron chi connectivity index (χ2n) is 5.21. The molecule has 1 aromatic carbocycles. The van der Waals surface area contributed by atoms with Gasteiger partial charge in [0, 0.05) is 11.7 Å². The lowest BCUT2D eigenvalue weighted by atomic mass is 10.1. The number of aryl methyl sites for hydroxylation is 1. The van der Waals surface area contributed by atoms with Crippen molar-refractivity contribution in [1.82, 2.24) is 15.5 Å². The van der Waals surface area contributed by atoms with Crippen LogP contribution in [-0.4, -0.2) is 27.9 Å². The predicted molar refractivity (Wildman–Crippen MR) is 97.6 cm³/mol. The summed E-state index contributed by atoms with van der Waals surface area (Å²) in [7, 11) is 0. The minimum atomic E-state index is 0.0317. The van der Waals surface area contributed by atoms with Gasteiger partial charge >= 0.3 is 0 Å². The number of carbonyl (C=O) groups is 1. The Balaban J connectivity index is 1.84. The summed E-state index contributed by atoms with van der Waals surface area (Å²) in [5.41, 5.74) is 2.29. The number of aromatic nitrogens is 2. The third-order valence-corrected chi connectivity index (χ3v) is 5.34. The fourth-order valence-corrected chi connectivity index (χ4v) is 3.40. The number of amides is 1. The molecule has 1 atom stereocenters. The van der Waals surface area contributed by atoms with E-state index in [2.05, 4.69) is 39.9 Å². The van der Waals surface area contributed by atoms with E-state index in [1.54, 1.807) is 0 Å². The van der Waals surface area contributed by atoms with Crippen LogP contribution in [0.25, 0.3) is 0 Å². The summed E-state index contributed by atoms with van der Waals surface area (Å²) in [4.78, 5) is 11.8. The van der Waals surface area contributed by atoms with Crippen molar-refractivity contribution in [3.05, 3.63) is 29.8 Å². The van der Waals surface area contributed by atoms with Crippen molar-refractivity contribution in [1.29, 1.82) is 0 Å². The fourth-order valence-electron chi connectivity index (χ4n) is 1.81. The molecule has 0 radical (unpaired) electrons. The van der Waals surface area contributed by atoms with Gasteiger partial charge in [-0.3, -0.25) is 4.79 Å². The summed E-state index contributed by atoms with van der Waals surface area (Å²) in [5, 5.41) is 15.1. The number of anilines is 2. The zero-order valence-corrected chi connectivity index (χ0v) is 15.3. The van der Waals surface area contributed by atoms with Gasteiger partial charge in [0.25, 0.3) is 0 Å². The second kappa shape index (κ2) is 8.88. The van der Waals surface area contributed by atoms with Crippen molar-refractivity contribution >= 4 is 39.8 Å². The molecule has 124 valence electrons. The number of nitrogens with zero attached hydrogens (tertiary/aromatic N) is 2. The highest BCUT2D eigenvalue weighted by Crippen LogP contribution is 2.27. The van der Waals surface area contributed by atoms with Crippen molar-refractivity contribution in [2.75, 3.05) is 11.1 Å². The Morgan fingerprint density at radius 2 is 2.00 bits per heavy atom. The van der Waals surface area contributed by atoms with E-state index in [1.165, 1.54) is 28.7 Å². The summed E-state index contributed by atoms with van der Waals surface area (Å²) in [6.07, 6.45) is 1.96. The number of benzene rings is 1. The van der Waals surface area contributed by atoms with Gasteiger partial charge < -0.3 is 10.6 Å². The van der Waals surface area contributed by atoms with Crippen LogP contribution in [0.1, 0.15) is 32.8 Å². The second-order valence-corrected chi connectivity index (χ2v) is 7.41. The van der Waals surface area contributed by atoms with E-state index in [9.17, 15) is 4.79 Å². The third kappa shape index (κ3) is 5.84. The third-order valence-electron chi connectivity index (χ3n) is 3.37. The van der Waals surface area contributed by atoms with Crippen molar-refractivity contribution in [3.8, 4) is 0 Å².